The van der Waals surface area contributed by atoms with Crippen molar-refractivity contribution >= 4 is 14.0 Å². The van der Waals surface area contributed by atoms with Crippen molar-refractivity contribution in [2.24, 2.45) is 11.5 Å². The van der Waals surface area contributed by atoms with Gasteiger partial charge in [0.2, 0.25) is 0 Å². The van der Waals surface area contributed by atoms with E-state index in [1.54, 1.807) is 7.05 Å². The van der Waals surface area contributed by atoms with Crippen LogP contribution in [0.3, 0.4) is 0 Å². The van der Waals surface area contributed by atoms with Gasteiger partial charge in [-0.25, -0.2) is 4.58 Å². The third kappa shape index (κ3) is 3.88. The smallest absolute Gasteiger partial charge is 0.291 e. The Morgan fingerprint density at radius 3 is 2.33 bits per heavy atom. The Labute approximate surface area is 53.8 Å². The fourth-order valence-electron chi connectivity index (χ4n) is 0.263. The minimum absolute atomic E-state index is 0.0162. The number of nitrogens with two attached hydrogens (primary N) is 2. The van der Waals surface area contributed by atoms with Gasteiger partial charge in [-0.1, -0.05) is 0 Å². The molecule has 0 spiro atoms. The summed E-state index contributed by atoms with van der Waals surface area (Å²) in [4.78, 5) is 8.31. The molecule has 52 valence electrons. The molecule has 0 aromatic carbocycles. The minimum Gasteiger partial charge on any atom is -0.291 e. The summed E-state index contributed by atoms with van der Waals surface area (Å²) in [7, 11) is -0.637. The molecule has 0 aromatic heterocycles. The van der Waals surface area contributed by atoms with Crippen LogP contribution >= 0.6 is 8.03 Å². The number of guanidine groups is 1. The lowest BCUT2D eigenvalue weighted by Gasteiger charge is -1.89. The summed E-state index contributed by atoms with van der Waals surface area (Å²) in [5.41, 5.74) is 10.1. The van der Waals surface area contributed by atoms with Gasteiger partial charge < -0.3 is 0 Å². The molecule has 5 N–H and O–H groups in total. The normalized spacial score (nSPS) is 10.7. The van der Waals surface area contributed by atoms with E-state index in [1.165, 1.54) is 4.58 Å². The molecule has 0 aliphatic heterocycles. The monoisotopic (exact) mass is 151 g/mol. The van der Waals surface area contributed by atoms with Crippen LogP contribution in [-0.2, 0) is 4.57 Å². The summed E-state index contributed by atoms with van der Waals surface area (Å²) in [6.45, 7) is 0. The fraction of sp³-hybridized carbons (Fsp3) is 0.667. The molecule has 5 nitrogen and oxygen atoms in total. The molecular weight excluding hydrogens is 141 g/mol. The van der Waals surface area contributed by atoms with E-state index in [4.69, 9.17) is 16.4 Å². The largest absolute Gasteiger partial charge is 0.543 e. The van der Waals surface area contributed by atoms with Crippen LogP contribution in [-0.4, -0.2) is 28.8 Å². The van der Waals surface area contributed by atoms with Gasteiger partial charge in [-0.3, -0.25) is 11.5 Å². The maximum atomic E-state index is 10.1. The first-order valence-electron chi connectivity index (χ1n) is 2.26. The van der Waals surface area contributed by atoms with Crippen molar-refractivity contribution in [1.82, 2.24) is 0 Å². The van der Waals surface area contributed by atoms with E-state index in [9.17, 15) is 4.57 Å². The van der Waals surface area contributed by atoms with Gasteiger partial charge in [0.25, 0.3) is 6.29 Å². The van der Waals surface area contributed by atoms with Crippen LogP contribution in [0.5, 0.6) is 0 Å². The average molecular weight is 151 g/mol. The number of hydrogen-bond donors (Lipinski definition) is 3. The predicted molar refractivity (Wildman–Crippen MR) is 34.3 cm³/mol. The van der Waals surface area contributed by atoms with Gasteiger partial charge in [0.05, 0.1) is 7.05 Å². The van der Waals surface area contributed by atoms with Crippen molar-refractivity contribution in [3.8, 4) is 0 Å². The minimum atomic E-state index is -2.18. The molecule has 9 heavy (non-hydrogen) atoms. The fourth-order valence-corrected chi connectivity index (χ4v) is 0.789. The molecule has 0 rings (SSSR count). The SMILES string of the molecule is C[N+](C[P+](=O)O)=C(N)N. The zero-order valence-corrected chi connectivity index (χ0v) is 6.01. The lowest BCUT2D eigenvalue weighted by atomic mass is 10.9. The summed E-state index contributed by atoms with van der Waals surface area (Å²) in [6, 6.07) is 0. The average Bonchev–Trinajstić information content (AvgIpc) is 1.63. The highest BCUT2D eigenvalue weighted by Gasteiger charge is 2.13. The molecule has 0 fully saturated rings. The number of hydrogen-bond acceptors (Lipinski definition) is 1. The van der Waals surface area contributed by atoms with Gasteiger partial charge in [0, 0.05) is 0 Å². The van der Waals surface area contributed by atoms with E-state index in [-0.39, 0.29) is 12.2 Å². The molecular formula is C3H10N3O2P+2. The van der Waals surface area contributed by atoms with Gasteiger partial charge in [-0.2, -0.15) is 4.89 Å². The highest BCUT2D eigenvalue weighted by molar-refractivity contribution is 7.37. The molecule has 0 aromatic rings. The highest BCUT2D eigenvalue weighted by Crippen LogP contribution is 2.09. The Morgan fingerprint density at radius 1 is 1.78 bits per heavy atom. The quantitative estimate of drug-likeness (QED) is 0.196. The molecule has 0 aliphatic carbocycles. The van der Waals surface area contributed by atoms with E-state index in [0.717, 1.165) is 0 Å². The van der Waals surface area contributed by atoms with E-state index < -0.39 is 8.03 Å². The summed E-state index contributed by atoms with van der Waals surface area (Å²) in [5, 5.41) is 0. The zero-order valence-electron chi connectivity index (χ0n) is 5.11. The maximum absolute atomic E-state index is 10.1. The van der Waals surface area contributed by atoms with E-state index in [0.29, 0.717) is 0 Å². The van der Waals surface area contributed by atoms with Crippen molar-refractivity contribution in [2.75, 3.05) is 13.3 Å². The molecule has 0 radical (unpaired) electrons. The maximum Gasteiger partial charge on any atom is 0.543 e. The second-order valence-electron chi connectivity index (χ2n) is 1.62. The third-order valence-corrected chi connectivity index (χ3v) is 1.44. The Bertz CT molecular complexity index is 151. The Hall–Kier alpha value is -0.670. The van der Waals surface area contributed by atoms with Crippen LogP contribution in [0, 0.1) is 0 Å². The standard InChI is InChI=1S/C3H8N3O2P/c1-6(3(4)5)2-9(7)8/h2H2,1H3,(H3-,4,5,7,8)/p+2. The van der Waals surface area contributed by atoms with E-state index in [1.807, 2.05) is 0 Å². The summed E-state index contributed by atoms with van der Waals surface area (Å²) < 4.78 is 11.4. The van der Waals surface area contributed by atoms with Gasteiger partial charge in [0.15, 0.2) is 0 Å². The first-order valence-corrected chi connectivity index (χ1v) is 3.66. The summed E-state index contributed by atoms with van der Waals surface area (Å²) >= 11 is 0. The van der Waals surface area contributed by atoms with Crippen LogP contribution in [0.25, 0.3) is 0 Å². The molecule has 6 heteroatoms. The second-order valence-corrected chi connectivity index (χ2v) is 2.60. The van der Waals surface area contributed by atoms with Crippen LogP contribution in [0.4, 0.5) is 0 Å². The van der Waals surface area contributed by atoms with Gasteiger partial charge in [-0.05, 0) is 4.57 Å². The molecule has 0 heterocycles. The first kappa shape index (κ1) is 8.33. The molecule has 0 amide bonds. The zero-order chi connectivity index (χ0) is 7.44. The molecule has 1 unspecified atom stereocenters. The molecule has 0 saturated carbocycles. The van der Waals surface area contributed by atoms with Crippen molar-refractivity contribution < 1.29 is 14.0 Å². The number of nitrogens with zero attached hydrogens (tertiary/aromatic N) is 1. The van der Waals surface area contributed by atoms with Crippen molar-refractivity contribution in [1.29, 1.82) is 0 Å². The van der Waals surface area contributed by atoms with Crippen LogP contribution < -0.4 is 11.5 Å². The van der Waals surface area contributed by atoms with E-state index >= 15 is 0 Å². The summed E-state index contributed by atoms with van der Waals surface area (Å²) in [6.07, 6.45) is -0.0162. The molecule has 1 atom stereocenters. The summed E-state index contributed by atoms with van der Waals surface area (Å²) in [5.74, 6) is 0.0485. The Kier molecular flexibility index (Phi) is 3.12. The van der Waals surface area contributed by atoms with Gasteiger partial charge in [-0.15, -0.1) is 0 Å². The van der Waals surface area contributed by atoms with E-state index in [2.05, 4.69) is 0 Å². The topological polar surface area (TPSA) is 92.3 Å². The molecule has 0 bridgehead atoms. The Morgan fingerprint density at radius 2 is 2.22 bits per heavy atom. The van der Waals surface area contributed by atoms with Crippen LogP contribution in [0.15, 0.2) is 0 Å². The molecule has 0 saturated heterocycles. The Balaban J connectivity index is 3.92. The van der Waals surface area contributed by atoms with Crippen LogP contribution in [0.1, 0.15) is 0 Å². The van der Waals surface area contributed by atoms with Gasteiger partial charge >= 0.3 is 14.0 Å². The highest BCUT2D eigenvalue weighted by atomic mass is 31.1. The molecule has 0 aliphatic rings. The lowest BCUT2D eigenvalue weighted by Crippen LogP contribution is -2.33. The van der Waals surface area contributed by atoms with Crippen molar-refractivity contribution in [3.05, 3.63) is 0 Å². The van der Waals surface area contributed by atoms with Crippen LogP contribution in [0.2, 0.25) is 0 Å². The number of rotatable bonds is 2. The second kappa shape index (κ2) is 3.37. The third-order valence-electron chi connectivity index (χ3n) is 0.774. The first-order chi connectivity index (χ1) is 4.04. The van der Waals surface area contributed by atoms with Gasteiger partial charge in [0.1, 0.15) is 0 Å². The lowest BCUT2D eigenvalue weighted by molar-refractivity contribution is -0.479. The predicted octanol–water partition coefficient (Wildman–Crippen LogP) is -1.41. The van der Waals surface area contributed by atoms with Crippen molar-refractivity contribution in [2.45, 2.75) is 0 Å². The van der Waals surface area contributed by atoms with Crippen molar-refractivity contribution in [3.63, 3.8) is 0 Å².